The van der Waals surface area contributed by atoms with Crippen LogP contribution in [0.15, 0.2) is 24.8 Å². The molecular formula is C16H19F3. The summed E-state index contributed by atoms with van der Waals surface area (Å²) in [4.78, 5) is 0. The molecule has 0 spiro atoms. The van der Waals surface area contributed by atoms with Crippen LogP contribution in [0.5, 0.6) is 0 Å². The molecule has 0 radical (unpaired) electrons. The molecule has 1 saturated carbocycles. The number of benzene rings is 1. The highest BCUT2D eigenvalue weighted by atomic mass is 19.2. The second-order valence-electron chi connectivity index (χ2n) is 5.43. The van der Waals surface area contributed by atoms with Crippen LogP contribution < -0.4 is 0 Å². The lowest BCUT2D eigenvalue weighted by Crippen LogP contribution is -2.13. The van der Waals surface area contributed by atoms with Crippen LogP contribution in [0, 0.1) is 29.3 Å². The minimum Gasteiger partial charge on any atom is -0.204 e. The lowest BCUT2D eigenvalue weighted by atomic mass is 9.79. The van der Waals surface area contributed by atoms with Gasteiger partial charge < -0.3 is 0 Å². The second kappa shape index (κ2) is 6.27. The van der Waals surface area contributed by atoms with Crippen molar-refractivity contribution in [1.29, 1.82) is 0 Å². The molecule has 3 heteroatoms. The van der Waals surface area contributed by atoms with E-state index in [1.165, 1.54) is 0 Å². The van der Waals surface area contributed by atoms with Gasteiger partial charge in [-0.3, -0.25) is 0 Å². The monoisotopic (exact) mass is 268 g/mol. The molecule has 0 heterocycles. The van der Waals surface area contributed by atoms with Gasteiger partial charge in [0.05, 0.1) is 0 Å². The normalized spacial score (nSPS) is 23.3. The minimum absolute atomic E-state index is 0.544. The lowest BCUT2D eigenvalue weighted by molar-refractivity contribution is 0.296. The Hall–Kier alpha value is -1.25. The molecule has 0 N–H and O–H groups in total. The van der Waals surface area contributed by atoms with E-state index in [-0.39, 0.29) is 0 Å². The van der Waals surface area contributed by atoms with Crippen LogP contribution in [0.1, 0.15) is 37.7 Å². The standard InChI is InChI=1S/C16H19F3/c1-2-11-3-5-12(6-4-11)7-8-13-9-14(17)16(19)15(18)10-13/h2,9-12H,1,3-8H2. The molecule has 0 unspecified atom stereocenters. The van der Waals surface area contributed by atoms with Crippen molar-refractivity contribution in [1.82, 2.24) is 0 Å². The van der Waals surface area contributed by atoms with Crippen molar-refractivity contribution in [3.63, 3.8) is 0 Å². The van der Waals surface area contributed by atoms with Crippen molar-refractivity contribution in [2.24, 2.45) is 11.8 Å². The first kappa shape index (κ1) is 14.2. The lowest BCUT2D eigenvalue weighted by Gasteiger charge is -2.26. The molecule has 1 aromatic carbocycles. The number of aryl methyl sites for hydroxylation is 1. The maximum Gasteiger partial charge on any atom is 0.194 e. The number of allylic oxidation sites excluding steroid dienone is 1. The highest BCUT2D eigenvalue weighted by Crippen LogP contribution is 2.32. The number of hydrogen-bond acceptors (Lipinski definition) is 0. The Balaban J connectivity index is 1.88. The van der Waals surface area contributed by atoms with Crippen LogP contribution in [0.25, 0.3) is 0 Å². The Morgan fingerprint density at radius 3 is 2.16 bits per heavy atom. The molecule has 0 saturated heterocycles. The zero-order chi connectivity index (χ0) is 13.8. The maximum absolute atomic E-state index is 13.1. The van der Waals surface area contributed by atoms with Crippen molar-refractivity contribution in [3.05, 3.63) is 47.8 Å². The molecule has 1 aliphatic carbocycles. The predicted octanol–water partition coefficient (Wildman–Crippen LogP) is 5.03. The van der Waals surface area contributed by atoms with Crippen LogP contribution in [0.2, 0.25) is 0 Å². The van der Waals surface area contributed by atoms with Crippen molar-refractivity contribution in [2.75, 3.05) is 0 Å². The summed E-state index contributed by atoms with van der Waals surface area (Å²) in [5.41, 5.74) is 0.544. The minimum atomic E-state index is -1.38. The zero-order valence-corrected chi connectivity index (χ0v) is 11.0. The SMILES string of the molecule is C=CC1CCC(CCc2cc(F)c(F)c(F)c2)CC1. The first-order chi connectivity index (χ1) is 9.10. The number of rotatable bonds is 4. The predicted molar refractivity (Wildman–Crippen MR) is 70.3 cm³/mol. The average Bonchev–Trinajstić information content (AvgIpc) is 2.43. The van der Waals surface area contributed by atoms with E-state index < -0.39 is 17.5 Å². The third-order valence-corrected chi connectivity index (χ3v) is 4.11. The average molecular weight is 268 g/mol. The van der Waals surface area contributed by atoms with E-state index in [1.807, 2.05) is 6.08 Å². The molecule has 0 amide bonds. The van der Waals surface area contributed by atoms with Gasteiger partial charge in [-0.25, -0.2) is 13.2 Å². The smallest absolute Gasteiger partial charge is 0.194 e. The summed E-state index contributed by atoms with van der Waals surface area (Å²) in [6.07, 6.45) is 8.12. The van der Waals surface area contributed by atoms with Crippen molar-refractivity contribution in [3.8, 4) is 0 Å². The van der Waals surface area contributed by atoms with Gasteiger partial charge in [-0.1, -0.05) is 6.08 Å². The first-order valence-corrected chi connectivity index (χ1v) is 6.86. The third kappa shape index (κ3) is 3.62. The Morgan fingerprint density at radius 2 is 1.63 bits per heavy atom. The molecule has 0 nitrogen and oxygen atoms in total. The summed E-state index contributed by atoms with van der Waals surface area (Å²) >= 11 is 0. The van der Waals surface area contributed by atoms with Crippen LogP contribution >= 0.6 is 0 Å². The van der Waals surface area contributed by atoms with Gasteiger partial charge in [0.1, 0.15) is 0 Å². The fourth-order valence-corrected chi connectivity index (χ4v) is 2.84. The Kier molecular flexibility index (Phi) is 4.67. The van der Waals surface area contributed by atoms with E-state index in [1.54, 1.807) is 0 Å². The fraction of sp³-hybridized carbons (Fsp3) is 0.500. The van der Waals surface area contributed by atoms with Gasteiger partial charge in [0.25, 0.3) is 0 Å². The summed E-state index contributed by atoms with van der Waals surface area (Å²) in [7, 11) is 0. The van der Waals surface area contributed by atoms with E-state index in [4.69, 9.17) is 0 Å². The van der Waals surface area contributed by atoms with Crippen LogP contribution in [-0.2, 0) is 6.42 Å². The molecule has 0 aromatic heterocycles. The molecule has 1 aliphatic rings. The van der Waals surface area contributed by atoms with Crippen LogP contribution in [0.3, 0.4) is 0 Å². The Bertz CT molecular complexity index is 422. The van der Waals surface area contributed by atoms with E-state index in [0.29, 0.717) is 23.8 Å². The van der Waals surface area contributed by atoms with E-state index in [2.05, 4.69) is 6.58 Å². The Labute approximate surface area is 112 Å². The Morgan fingerprint density at radius 1 is 1.05 bits per heavy atom. The van der Waals surface area contributed by atoms with Gasteiger partial charge in [-0.15, -0.1) is 6.58 Å². The van der Waals surface area contributed by atoms with E-state index in [9.17, 15) is 13.2 Å². The molecule has 0 aliphatic heterocycles. The van der Waals surface area contributed by atoms with Gasteiger partial charge in [0, 0.05) is 0 Å². The maximum atomic E-state index is 13.1. The summed E-state index contributed by atoms with van der Waals surface area (Å²) in [5.74, 6) is -2.34. The molecule has 1 aromatic rings. The highest BCUT2D eigenvalue weighted by Gasteiger charge is 2.19. The van der Waals surface area contributed by atoms with Gasteiger partial charge in [-0.2, -0.15) is 0 Å². The second-order valence-corrected chi connectivity index (χ2v) is 5.43. The molecule has 19 heavy (non-hydrogen) atoms. The topological polar surface area (TPSA) is 0 Å². The highest BCUT2D eigenvalue weighted by molar-refractivity contribution is 5.19. The fourth-order valence-electron chi connectivity index (χ4n) is 2.84. The largest absolute Gasteiger partial charge is 0.204 e. The molecule has 0 atom stereocenters. The van der Waals surface area contributed by atoms with E-state index >= 15 is 0 Å². The van der Waals surface area contributed by atoms with Gasteiger partial charge >= 0.3 is 0 Å². The van der Waals surface area contributed by atoms with Crippen molar-refractivity contribution < 1.29 is 13.2 Å². The third-order valence-electron chi connectivity index (χ3n) is 4.11. The van der Waals surface area contributed by atoms with Crippen molar-refractivity contribution in [2.45, 2.75) is 38.5 Å². The van der Waals surface area contributed by atoms with Crippen LogP contribution in [0.4, 0.5) is 13.2 Å². The molecular weight excluding hydrogens is 249 g/mol. The summed E-state index contributed by atoms with van der Waals surface area (Å²) in [6, 6.07) is 2.21. The molecule has 104 valence electrons. The van der Waals surface area contributed by atoms with Crippen molar-refractivity contribution >= 4 is 0 Å². The summed E-state index contributed by atoms with van der Waals surface area (Å²) < 4.78 is 39.0. The molecule has 0 bridgehead atoms. The zero-order valence-electron chi connectivity index (χ0n) is 11.0. The first-order valence-electron chi connectivity index (χ1n) is 6.86. The van der Waals surface area contributed by atoms with Gasteiger partial charge in [0.15, 0.2) is 17.5 Å². The van der Waals surface area contributed by atoms with Gasteiger partial charge in [0.2, 0.25) is 0 Å². The molecule has 2 rings (SSSR count). The number of hydrogen-bond donors (Lipinski definition) is 0. The summed E-state index contributed by atoms with van der Waals surface area (Å²) in [5, 5.41) is 0. The van der Waals surface area contributed by atoms with E-state index in [0.717, 1.165) is 44.2 Å². The molecule has 1 fully saturated rings. The van der Waals surface area contributed by atoms with Gasteiger partial charge in [-0.05, 0) is 68.1 Å². The number of halogens is 3. The summed E-state index contributed by atoms with van der Waals surface area (Å²) in [6.45, 7) is 3.81. The van der Waals surface area contributed by atoms with Crippen LogP contribution in [-0.4, -0.2) is 0 Å². The quantitative estimate of drug-likeness (QED) is 0.530.